The topological polar surface area (TPSA) is 93.7 Å². The maximum absolute atomic E-state index is 13.1. The van der Waals surface area contributed by atoms with Crippen molar-refractivity contribution >= 4 is 21.6 Å². The summed E-state index contributed by atoms with van der Waals surface area (Å²) < 4.78 is 39.4. The molecule has 0 fully saturated rings. The monoisotopic (exact) mass is 468 g/mol. The molecule has 1 amide bonds. The fourth-order valence-electron chi connectivity index (χ4n) is 3.37. The van der Waals surface area contributed by atoms with Crippen molar-refractivity contribution < 1.29 is 22.7 Å². The number of aryl methyl sites for hydroxylation is 2. The van der Waals surface area contributed by atoms with Crippen molar-refractivity contribution in [2.45, 2.75) is 32.2 Å². The number of hydrogen-bond donors (Lipinski definition) is 2. The van der Waals surface area contributed by atoms with Crippen molar-refractivity contribution in [3.05, 3.63) is 82.4 Å². The summed E-state index contributed by atoms with van der Waals surface area (Å²) in [4.78, 5) is 12.8. The molecule has 0 atom stereocenters. The van der Waals surface area contributed by atoms with Crippen molar-refractivity contribution in [1.82, 2.24) is 5.32 Å². The average Bonchev–Trinajstić information content (AvgIpc) is 2.80. The van der Waals surface area contributed by atoms with Crippen LogP contribution in [-0.4, -0.2) is 28.5 Å². The summed E-state index contributed by atoms with van der Waals surface area (Å²) in [5.41, 5.74) is 3.96. The highest BCUT2D eigenvalue weighted by molar-refractivity contribution is 7.92. The average molecular weight is 469 g/mol. The van der Waals surface area contributed by atoms with Gasteiger partial charge in [-0.3, -0.25) is 9.52 Å². The van der Waals surface area contributed by atoms with E-state index in [2.05, 4.69) is 10.0 Å². The van der Waals surface area contributed by atoms with Gasteiger partial charge in [-0.05, 0) is 73.4 Å². The van der Waals surface area contributed by atoms with E-state index in [9.17, 15) is 13.2 Å². The quantitative estimate of drug-likeness (QED) is 0.512. The number of carbonyl (C=O) groups is 1. The molecule has 0 heterocycles. The summed E-state index contributed by atoms with van der Waals surface area (Å²) in [5, 5.41) is 2.82. The number of benzene rings is 3. The standard InChI is InChI=1S/C25H28N2O5S/c1-16-7-6-8-21(18(16)3)27-33(29,30)24-14-20(11-9-17(24)2)25(28)26-15-19-10-12-22(31-4)23(13-19)32-5/h6-14,27H,15H2,1-5H3,(H,26,28). The zero-order chi connectivity index (χ0) is 24.2. The molecule has 0 aliphatic carbocycles. The van der Waals surface area contributed by atoms with E-state index in [-0.39, 0.29) is 22.9 Å². The summed E-state index contributed by atoms with van der Waals surface area (Å²) in [6, 6.07) is 15.4. The second kappa shape index (κ2) is 9.95. The van der Waals surface area contributed by atoms with Crippen LogP contribution in [0.25, 0.3) is 0 Å². The molecule has 0 spiro atoms. The largest absolute Gasteiger partial charge is 0.493 e. The summed E-state index contributed by atoms with van der Waals surface area (Å²) in [5.74, 6) is 0.774. The minimum Gasteiger partial charge on any atom is -0.493 e. The van der Waals surface area contributed by atoms with E-state index in [0.29, 0.717) is 22.7 Å². The summed E-state index contributed by atoms with van der Waals surface area (Å²) in [6.07, 6.45) is 0. The lowest BCUT2D eigenvalue weighted by atomic mass is 10.1. The summed E-state index contributed by atoms with van der Waals surface area (Å²) in [6.45, 7) is 5.72. The maximum Gasteiger partial charge on any atom is 0.262 e. The van der Waals surface area contributed by atoms with Gasteiger partial charge in [0.15, 0.2) is 11.5 Å². The first kappa shape index (κ1) is 24.1. The summed E-state index contributed by atoms with van der Waals surface area (Å²) >= 11 is 0. The van der Waals surface area contributed by atoms with Gasteiger partial charge in [0.2, 0.25) is 0 Å². The number of ether oxygens (including phenoxy) is 2. The van der Waals surface area contributed by atoms with Gasteiger partial charge in [-0.1, -0.05) is 24.3 Å². The van der Waals surface area contributed by atoms with E-state index in [1.54, 1.807) is 57.5 Å². The highest BCUT2D eigenvalue weighted by Gasteiger charge is 2.20. The fraction of sp³-hybridized carbons (Fsp3) is 0.240. The molecule has 33 heavy (non-hydrogen) atoms. The summed E-state index contributed by atoms with van der Waals surface area (Å²) in [7, 11) is -0.788. The van der Waals surface area contributed by atoms with Crippen LogP contribution in [0, 0.1) is 20.8 Å². The van der Waals surface area contributed by atoms with Gasteiger partial charge in [-0.15, -0.1) is 0 Å². The molecule has 0 aromatic heterocycles. The molecule has 7 nitrogen and oxygen atoms in total. The first-order valence-electron chi connectivity index (χ1n) is 10.3. The van der Waals surface area contributed by atoms with Crippen molar-refractivity contribution in [3.8, 4) is 11.5 Å². The Balaban J connectivity index is 1.80. The molecular formula is C25H28N2O5S. The predicted octanol–water partition coefficient (Wildman–Crippen LogP) is 4.36. The van der Waals surface area contributed by atoms with Gasteiger partial charge in [0.1, 0.15) is 0 Å². The van der Waals surface area contributed by atoms with Crippen LogP contribution in [0.2, 0.25) is 0 Å². The second-order valence-corrected chi connectivity index (χ2v) is 9.36. The zero-order valence-electron chi connectivity index (χ0n) is 19.4. The van der Waals surface area contributed by atoms with E-state index >= 15 is 0 Å². The Morgan fingerprint density at radius 2 is 1.61 bits per heavy atom. The number of amides is 1. The van der Waals surface area contributed by atoms with Gasteiger partial charge in [0.25, 0.3) is 15.9 Å². The molecule has 0 bridgehead atoms. The SMILES string of the molecule is COc1ccc(CNC(=O)c2ccc(C)c(S(=O)(=O)Nc3cccc(C)c3C)c2)cc1OC. The number of hydrogen-bond acceptors (Lipinski definition) is 5. The first-order valence-corrected chi connectivity index (χ1v) is 11.8. The van der Waals surface area contributed by atoms with Crippen molar-refractivity contribution in [2.24, 2.45) is 0 Å². The van der Waals surface area contributed by atoms with Crippen molar-refractivity contribution in [2.75, 3.05) is 18.9 Å². The number of anilines is 1. The Kier molecular flexibility index (Phi) is 7.28. The van der Waals surface area contributed by atoms with Crippen LogP contribution in [0.3, 0.4) is 0 Å². The van der Waals surface area contributed by atoms with Crippen LogP contribution < -0.4 is 19.5 Å². The van der Waals surface area contributed by atoms with Crippen LogP contribution >= 0.6 is 0 Å². The van der Waals surface area contributed by atoms with E-state index < -0.39 is 10.0 Å². The molecule has 3 rings (SSSR count). The van der Waals surface area contributed by atoms with Crippen LogP contribution in [0.15, 0.2) is 59.5 Å². The molecule has 0 aliphatic rings. The highest BCUT2D eigenvalue weighted by atomic mass is 32.2. The molecule has 3 aromatic carbocycles. The lowest BCUT2D eigenvalue weighted by Crippen LogP contribution is -2.23. The van der Waals surface area contributed by atoms with Gasteiger partial charge < -0.3 is 14.8 Å². The molecule has 0 unspecified atom stereocenters. The third-order valence-electron chi connectivity index (χ3n) is 5.49. The molecule has 0 aliphatic heterocycles. The van der Waals surface area contributed by atoms with E-state index in [1.807, 2.05) is 26.0 Å². The molecular weight excluding hydrogens is 440 g/mol. The van der Waals surface area contributed by atoms with E-state index in [1.165, 1.54) is 6.07 Å². The number of methoxy groups -OCH3 is 2. The van der Waals surface area contributed by atoms with Gasteiger partial charge in [0, 0.05) is 12.1 Å². The minimum atomic E-state index is -3.88. The normalized spacial score (nSPS) is 11.1. The van der Waals surface area contributed by atoms with Crippen molar-refractivity contribution in [3.63, 3.8) is 0 Å². The Labute approximate surface area is 194 Å². The number of sulfonamides is 1. The number of carbonyl (C=O) groups excluding carboxylic acids is 1. The van der Waals surface area contributed by atoms with Gasteiger partial charge in [-0.2, -0.15) is 0 Å². The Hall–Kier alpha value is -3.52. The van der Waals surface area contributed by atoms with E-state index in [0.717, 1.165) is 16.7 Å². The van der Waals surface area contributed by atoms with Crippen LogP contribution in [0.5, 0.6) is 11.5 Å². The second-order valence-electron chi connectivity index (χ2n) is 7.71. The molecule has 0 radical (unpaired) electrons. The van der Waals surface area contributed by atoms with Crippen LogP contribution in [0.1, 0.15) is 32.6 Å². The first-order chi connectivity index (χ1) is 15.7. The third kappa shape index (κ3) is 5.46. The Bertz CT molecular complexity index is 1290. The maximum atomic E-state index is 13.1. The minimum absolute atomic E-state index is 0.0576. The van der Waals surface area contributed by atoms with Gasteiger partial charge in [0.05, 0.1) is 24.8 Å². The number of rotatable bonds is 8. The Morgan fingerprint density at radius 3 is 2.30 bits per heavy atom. The smallest absolute Gasteiger partial charge is 0.262 e. The molecule has 0 saturated heterocycles. The van der Waals surface area contributed by atoms with Crippen LogP contribution in [-0.2, 0) is 16.6 Å². The van der Waals surface area contributed by atoms with Crippen molar-refractivity contribution in [1.29, 1.82) is 0 Å². The molecule has 0 saturated carbocycles. The molecule has 2 N–H and O–H groups in total. The van der Waals surface area contributed by atoms with Crippen LogP contribution in [0.4, 0.5) is 5.69 Å². The fourth-order valence-corrected chi connectivity index (χ4v) is 4.76. The lowest BCUT2D eigenvalue weighted by Gasteiger charge is -2.15. The predicted molar refractivity (Wildman–Crippen MR) is 129 cm³/mol. The number of nitrogens with one attached hydrogen (secondary N) is 2. The highest BCUT2D eigenvalue weighted by Crippen LogP contribution is 2.28. The lowest BCUT2D eigenvalue weighted by molar-refractivity contribution is 0.0950. The molecule has 8 heteroatoms. The van der Waals surface area contributed by atoms with Gasteiger partial charge >= 0.3 is 0 Å². The van der Waals surface area contributed by atoms with E-state index in [4.69, 9.17) is 9.47 Å². The molecule has 3 aromatic rings. The zero-order valence-corrected chi connectivity index (χ0v) is 20.2. The third-order valence-corrected chi connectivity index (χ3v) is 7.00. The van der Waals surface area contributed by atoms with Gasteiger partial charge in [-0.25, -0.2) is 8.42 Å². The Morgan fingerprint density at radius 1 is 0.879 bits per heavy atom. The molecule has 174 valence electrons.